The molecule has 0 aliphatic heterocycles. The number of hydrogen-bond donors (Lipinski definition) is 0. The van der Waals surface area contributed by atoms with Crippen molar-refractivity contribution >= 4 is 32.9 Å². The quantitative estimate of drug-likeness (QED) is 0.279. The van der Waals surface area contributed by atoms with E-state index in [1.165, 1.54) is 12.7 Å². The van der Waals surface area contributed by atoms with E-state index in [-0.39, 0.29) is 5.97 Å². The van der Waals surface area contributed by atoms with Crippen LogP contribution < -0.4 is 4.74 Å². The first kappa shape index (κ1) is 21.6. The zero-order chi connectivity index (χ0) is 21.3. The highest BCUT2D eigenvalue weighted by atomic mass is 79.9. The average Bonchev–Trinajstić information content (AvgIpc) is 3.16. The third-order valence-electron chi connectivity index (χ3n) is 4.54. The highest BCUT2D eigenvalue weighted by molar-refractivity contribution is 9.08. The minimum atomic E-state index is -0.387. The first-order chi connectivity index (χ1) is 14.7. The van der Waals surface area contributed by atoms with Crippen LogP contribution in [0.3, 0.4) is 0 Å². The number of benzene rings is 3. The first-order valence-corrected chi connectivity index (χ1v) is 11.0. The van der Waals surface area contributed by atoms with Crippen LogP contribution in [0.4, 0.5) is 0 Å². The van der Waals surface area contributed by atoms with Crippen LogP contribution in [0, 0.1) is 0 Å². The van der Waals surface area contributed by atoms with Gasteiger partial charge in [-0.25, -0.2) is 9.78 Å². The third kappa shape index (κ3) is 5.07. The molecule has 0 saturated carbocycles. The van der Waals surface area contributed by atoms with Crippen LogP contribution in [0.15, 0.2) is 78.9 Å². The Kier molecular flexibility index (Phi) is 7.63. The number of methoxy groups -OCH3 is 1. The van der Waals surface area contributed by atoms with E-state index in [9.17, 15) is 4.79 Å². The minimum absolute atomic E-state index is 0.298. The minimum Gasteiger partial charge on any atom is -0.486 e. The van der Waals surface area contributed by atoms with Crippen molar-refractivity contribution in [1.29, 1.82) is 0 Å². The Morgan fingerprint density at radius 1 is 0.967 bits per heavy atom. The normalized spacial score (nSPS) is 10.2. The number of carbonyl (C=O) groups is 1. The van der Waals surface area contributed by atoms with Crippen LogP contribution in [-0.2, 0) is 17.9 Å². The van der Waals surface area contributed by atoms with Gasteiger partial charge in [0.15, 0.2) is 0 Å². The van der Waals surface area contributed by atoms with Crippen LogP contribution in [-0.4, -0.2) is 28.5 Å². The molecule has 0 saturated heterocycles. The fraction of sp³-hybridized carbons (Fsp3) is 0.167. The van der Waals surface area contributed by atoms with Crippen molar-refractivity contribution in [2.45, 2.75) is 13.2 Å². The Bertz CT molecular complexity index is 1110. The fourth-order valence-corrected chi connectivity index (χ4v) is 3.16. The number of nitrogens with zero attached hydrogens (tertiary/aromatic N) is 2. The lowest BCUT2D eigenvalue weighted by molar-refractivity contribution is 0.0600. The Morgan fingerprint density at radius 3 is 2.47 bits per heavy atom. The van der Waals surface area contributed by atoms with Gasteiger partial charge in [0.2, 0.25) is 0 Å². The molecule has 1 heterocycles. The number of imidazole rings is 1. The van der Waals surface area contributed by atoms with Crippen LogP contribution in [0.25, 0.3) is 11.0 Å². The predicted octanol–water partition coefficient (Wildman–Crippen LogP) is 5.46. The number of rotatable bonds is 6. The molecule has 0 unspecified atom stereocenters. The van der Waals surface area contributed by atoms with E-state index in [2.05, 4.69) is 38.7 Å². The highest BCUT2D eigenvalue weighted by Gasteiger charge is 2.12. The zero-order valence-electron chi connectivity index (χ0n) is 16.9. The van der Waals surface area contributed by atoms with Crippen molar-refractivity contribution in [2.24, 2.45) is 0 Å². The Hall–Kier alpha value is -3.12. The smallest absolute Gasteiger partial charge is 0.337 e. The molecule has 4 aromatic rings. The molecule has 0 radical (unpaired) electrons. The summed E-state index contributed by atoms with van der Waals surface area (Å²) in [7, 11) is 1.36. The first-order valence-electron chi connectivity index (χ1n) is 9.41. The lowest BCUT2D eigenvalue weighted by Crippen LogP contribution is -2.09. The summed E-state index contributed by atoms with van der Waals surface area (Å²) in [4.78, 5) is 16.5. The van der Waals surface area contributed by atoms with Crippen LogP contribution in [0.1, 0.15) is 21.7 Å². The standard InChI is InChI=1S/C23H20N2O3.CH3Br/c1-27-23(26)18-10-7-11-19(14-18)28-16-22-24-20-12-5-6-13-21(20)25(22)15-17-8-3-2-4-9-17;1-2/h2-14H,15-16H2,1H3;1H3. The molecule has 0 aliphatic rings. The maximum atomic E-state index is 11.7. The van der Waals surface area contributed by atoms with E-state index in [1.807, 2.05) is 48.3 Å². The Labute approximate surface area is 184 Å². The number of fused-ring (bicyclic) bond motifs is 1. The lowest BCUT2D eigenvalue weighted by atomic mass is 10.2. The van der Waals surface area contributed by atoms with Gasteiger partial charge in [0, 0.05) is 6.54 Å². The molecule has 0 amide bonds. The van der Waals surface area contributed by atoms with Crippen LogP contribution in [0.2, 0.25) is 0 Å². The largest absolute Gasteiger partial charge is 0.486 e. The fourth-order valence-electron chi connectivity index (χ4n) is 3.16. The monoisotopic (exact) mass is 466 g/mol. The molecule has 0 aliphatic carbocycles. The van der Waals surface area contributed by atoms with Gasteiger partial charge in [-0.05, 0) is 41.7 Å². The summed E-state index contributed by atoms with van der Waals surface area (Å²) in [5, 5.41) is 0. The van der Waals surface area contributed by atoms with Gasteiger partial charge in [0.25, 0.3) is 0 Å². The molecule has 0 atom stereocenters. The van der Waals surface area contributed by atoms with E-state index in [0.29, 0.717) is 24.5 Å². The van der Waals surface area contributed by atoms with E-state index in [4.69, 9.17) is 14.5 Å². The second-order valence-electron chi connectivity index (χ2n) is 6.40. The SMILES string of the molecule is CBr.COC(=O)c1cccc(OCc2nc3ccccc3n2Cc2ccccc2)c1. The van der Waals surface area contributed by atoms with Crippen molar-refractivity contribution in [3.8, 4) is 5.75 Å². The maximum absolute atomic E-state index is 11.7. The number of aromatic nitrogens is 2. The molecule has 6 heteroatoms. The van der Waals surface area contributed by atoms with Crippen molar-refractivity contribution in [3.05, 3.63) is 95.8 Å². The summed E-state index contributed by atoms with van der Waals surface area (Å²) in [6, 6.07) is 25.3. The Balaban J connectivity index is 0.00000124. The summed E-state index contributed by atoms with van der Waals surface area (Å²) in [6.45, 7) is 1.01. The molecule has 0 bridgehead atoms. The summed E-state index contributed by atoms with van der Waals surface area (Å²) < 4.78 is 12.9. The molecule has 0 fully saturated rings. The summed E-state index contributed by atoms with van der Waals surface area (Å²) in [6.07, 6.45) is 0. The Morgan fingerprint density at radius 2 is 1.70 bits per heavy atom. The van der Waals surface area contributed by atoms with Crippen molar-refractivity contribution < 1.29 is 14.3 Å². The molecule has 154 valence electrons. The van der Waals surface area contributed by atoms with Gasteiger partial charge in [0.1, 0.15) is 18.2 Å². The number of hydrogen-bond acceptors (Lipinski definition) is 4. The molecule has 4 rings (SSSR count). The molecule has 1 aromatic heterocycles. The topological polar surface area (TPSA) is 53.4 Å². The zero-order valence-corrected chi connectivity index (χ0v) is 18.5. The highest BCUT2D eigenvalue weighted by Crippen LogP contribution is 2.21. The predicted molar refractivity (Wildman–Crippen MR) is 122 cm³/mol. The molecule has 5 nitrogen and oxygen atoms in total. The van der Waals surface area contributed by atoms with Gasteiger partial charge in [-0.2, -0.15) is 0 Å². The number of para-hydroxylation sites is 2. The molecule has 30 heavy (non-hydrogen) atoms. The van der Waals surface area contributed by atoms with Crippen molar-refractivity contribution in [1.82, 2.24) is 9.55 Å². The third-order valence-corrected chi connectivity index (χ3v) is 4.54. The lowest BCUT2D eigenvalue weighted by Gasteiger charge is -2.11. The van der Waals surface area contributed by atoms with Crippen molar-refractivity contribution in [2.75, 3.05) is 12.9 Å². The number of ether oxygens (including phenoxy) is 2. The summed E-state index contributed by atoms with van der Waals surface area (Å²) >= 11 is 2.94. The van der Waals surface area contributed by atoms with E-state index in [0.717, 1.165) is 16.9 Å². The average molecular weight is 467 g/mol. The molecular formula is C24H23BrN2O3. The summed E-state index contributed by atoms with van der Waals surface area (Å²) in [5.74, 6) is 2.85. The molecule has 0 spiro atoms. The molecular weight excluding hydrogens is 444 g/mol. The van der Waals surface area contributed by atoms with Gasteiger partial charge >= 0.3 is 5.97 Å². The second-order valence-corrected chi connectivity index (χ2v) is 6.40. The number of esters is 1. The molecule has 0 N–H and O–H groups in total. The van der Waals surface area contributed by atoms with Crippen molar-refractivity contribution in [3.63, 3.8) is 0 Å². The van der Waals surface area contributed by atoms with Crippen LogP contribution >= 0.6 is 15.9 Å². The molecule has 3 aromatic carbocycles. The number of alkyl halides is 1. The van der Waals surface area contributed by atoms with Crippen LogP contribution in [0.5, 0.6) is 5.75 Å². The maximum Gasteiger partial charge on any atom is 0.337 e. The summed E-state index contributed by atoms with van der Waals surface area (Å²) in [5.41, 5.74) is 3.64. The number of carbonyl (C=O) groups excluding carboxylic acids is 1. The van der Waals surface area contributed by atoms with E-state index < -0.39 is 0 Å². The van der Waals surface area contributed by atoms with E-state index in [1.54, 1.807) is 18.2 Å². The van der Waals surface area contributed by atoms with Gasteiger partial charge in [-0.15, -0.1) is 0 Å². The number of halogens is 1. The van der Waals surface area contributed by atoms with Gasteiger partial charge in [-0.3, -0.25) is 0 Å². The second kappa shape index (κ2) is 10.6. The van der Waals surface area contributed by atoms with Gasteiger partial charge in [-0.1, -0.05) is 64.5 Å². The van der Waals surface area contributed by atoms with Gasteiger partial charge < -0.3 is 14.0 Å². The van der Waals surface area contributed by atoms with Gasteiger partial charge in [0.05, 0.1) is 23.7 Å². The van der Waals surface area contributed by atoms with E-state index >= 15 is 0 Å².